The average molecular weight is 824 g/mol. The number of hydrogen-bond donors (Lipinski definition) is 1. The van der Waals surface area contributed by atoms with E-state index in [0.29, 0.717) is 40.2 Å². The molecule has 1 N–H and O–H groups in total. The number of rotatable bonds is 16. The summed E-state index contributed by atoms with van der Waals surface area (Å²) in [4.78, 5) is 56.5. The second-order valence-corrected chi connectivity index (χ2v) is 17.5. The maximum atomic E-state index is 14.3. The van der Waals surface area contributed by atoms with Gasteiger partial charge in [-0.1, -0.05) is 119 Å². The van der Waals surface area contributed by atoms with Gasteiger partial charge in [-0.15, -0.1) is 33.5 Å². The van der Waals surface area contributed by atoms with Crippen LogP contribution in [0.5, 0.6) is 0 Å². The average Bonchev–Trinajstić information content (AvgIpc) is 3.94. The van der Waals surface area contributed by atoms with Crippen LogP contribution >= 0.6 is 0 Å². The zero-order valence-electron chi connectivity index (χ0n) is 37.6. The van der Waals surface area contributed by atoms with Gasteiger partial charge in [0.2, 0.25) is 0 Å². The Hall–Kier alpha value is -4.28. The molecule has 5 heterocycles. The molecule has 10 heteroatoms. The molecule has 0 saturated carbocycles. The maximum Gasteiger partial charge on any atom is 2.00 e. The summed E-state index contributed by atoms with van der Waals surface area (Å²) in [6, 6.07) is 0. The van der Waals surface area contributed by atoms with Crippen molar-refractivity contribution >= 4 is 70.7 Å². The number of fused-ring (bicyclic) bond motifs is 7. The summed E-state index contributed by atoms with van der Waals surface area (Å²) in [5.74, 6) is -1.36. The van der Waals surface area contributed by atoms with Crippen molar-refractivity contribution in [1.82, 2.24) is 20.3 Å². The van der Waals surface area contributed by atoms with E-state index in [1.165, 1.54) is 38.4 Å². The molecule has 1 aliphatic carbocycles. The third kappa shape index (κ3) is 9.60. The summed E-state index contributed by atoms with van der Waals surface area (Å²) >= 11 is 0. The molecule has 1 fully saturated rings. The van der Waals surface area contributed by atoms with Gasteiger partial charge in [-0.25, -0.2) is 0 Å². The molecule has 0 amide bonds. The van der Waals surface area contributed by atoms with Crippen molar-refractivity contribution < 1.29 is 23.9 Å². The van der Waals surface area contributed by atoms with Crippen LogP contribution in [-0.2, 0) is 25.5 Å². The number of carbonyl (C=O) groups excluding carboxylic acids is 3. The first-order valence-electron chi connectivity index (χ1n) is 21.7. The first kappa shape index (κ1) is 46.8. The minimum Gasteiger partial charge on any atom is -0.657 e. The minimum absolute atomic E-state index is 0. The number of allylic oxidation sites excluding steroid dienone is 3. The molecule has 2 aliphatic heterocycles. The zero-order chi connectivity index (χ0) is 42.7. The van der Waals surface area contributed by atoms with E-state index in [1.54, 1.807) is 0 Å². The van der Waals surface area contributed by atoms with Gasteiger partial charge in [0.15, 0.2) is 5.78 Å². The van der Waals surface area contributed by atoms with Crippen LogP contribution in [0.3, 0.4) is 0 Å². The summed E-state index contributed by atoms with van der Waals surface area (Å²) in [6.07, 6.45) is 18.4. The first-order chi connectivity index (χ1) is 28.2. The zero-order valence-corrected chi connectivity index (χ0v) is 39.1. The molecule has 60 heavy (non-hydrogen) atoms. The number of carbonyl (C=O) groups is 3. The Bertz CT molecular complexity index is 2350. The van der Waals surface area contributed by atoms with Crippen LogP contribution in [0, 0.1) is 50.4 Å². The third-order valence-electron chi connectivity index (χ3n) is 12.9. The number of esters is 2. The van der Waals surface area contributed by atoms with Crippen LogP contribution in [0.1, 0.15) is 154 Å². The Kier molecular flexibility index (Phi) is 15.6. The molecule has 9 nitrogen and oxygen atoms in total. The molecule has 3 aromatic heterocycles. The van der Waals surface area contributed by atoms with Gasteiger partial charge in [0, 0.05) is 35.2 Å². The van der Waals surface area contributed by atoms with Crippen LogP contribution in [-0.4, -0.2) is 54.5 Å². The number of Topliss-reactive ketones (excluding diaryl/α,β-unsaturated/α-hetero) is 1. The molecule has 316 valence electrons. The molecule has 8 bridgehead atoms. The van der Waals surface area contributed by atoms with Crippen LogP contribution in [0.15, 0.2) is 29.6 Å². The van der Waals surface area contributed by atoms with Crippen molar-refractivity contribution in [2.75, 3.05) is 13.7 Å². The fourth-order valence-corrected chi connectivity index (χ4v) is 9.22. The summed E-state index contributed by atoms with van der Waals surface area (Å²) in [6.45, 7) is 23.6. The van der Waals surface area contributed by atoms with E-state index in [2.05, 4.69) is 60.4 Å². The number of ketones is 1. The van der Waals surface area contributed by atoms with Gasteiger partial charge >= 0.3 is 35.0 Å². The molecule has 3 aromatic rings. The smallest absolute Gasteiger partial charge is 0.657 e. The predicted octanol–water partition coefficient (Wildman–Crippen LogP) is 7.77. The van der Waals surface area contributed by atoms with E-state index < -0.39 is 11.9 Å². The minimum atomic E-state index is -1.19. The Morgan fingerprint density at radius 3 is 2.30 bits per heavy atom. The Morgan fingerprint density at radius 1 is 0.917 bits per heavy atom. The quantitative estimate of drug-likeness (QED) is 0.0668. The van der Waals surface area contributed by atoms with Gasteiger partial charge < -0.3 is 29.7 Å². The van der Waals surface area contributed by atoms with E-state index in [4.69, 9.17) is 24.4 Å². The normalized spacial score (nSPS) is 21.9. The second kappa shape index (κ2) is 20.1. The van der Waals surface area contributed by atoms with E-state index in [1.807, 2.05) is 44.2 Å². The van der Waals surface area contributed by atoms with Gasteiger partial charge in [-0.2, -0.15) is 0 Å². The van der Waals surface area contributed by atoms with Gasteiger partial charge in [-0.05, 0) is 82.4 Å². The molecule has 6 rings (SSSR count). The molecule has 0 aromatic carbocycles. The molecular weight excluding hydrogens is 761 g/mol. The van der Waals surface area contributed by atoms with Crippen molar-refractivity contribution in [3.63, 3.8) is 0 Å². The van der Waals surface area contributed by atoms with Crippen LogP contribution in [0.2, 0.25) is 0 Å². The van der Waals surface area contributed by atoms with Crippen LogP contribution < -0.4 is 31.0 Å². The van der Waals surface area contributed by atoms with E-state index in [9.17, 15) is 14.4 Å². The number of methoxy groups -OCH3 is 1. The molecule has 0 spiro atoms. The predicted molar refractivity (Wildman–Crippen MR) is 241 cm³/mol. The maximum absolute atomic E-state index is 14.3. The fourth-order valence-electron chi connectivity index (χ4n) is 9.22. The van der Waals surface area contributed by atoms with Crippen molar-refractivity contribution in [3.8, 4) is 0 Å². The Balaban J connectivity index is 0.00000683. The van der Waals surface area contributed by atoms with Crippen molar-refractivity contribution in [3.05, 3.63) is 96.5 Å². The summed E-state index contributed by atoms with van der Waals surface area (Å²) < 4.78 is 11.0. The Labute approximate surface area is 372 Å². The van der Waals surface area contributed by atoms with Gasteiger partial charge in [0.1, 0.15) is 12.5 Å². The molecule has 0 radical (unpaired) electrons. The van der Waals surface area contributed by atoms with Crippen LogP contribution in [0.4, 0.5) is 0 Å². The molecule has 0 unspecified atom stereocenters. The largest absolute Gasteiger partial charge is 2.00 e. The fraction of sp³-hybridized carbons (Fsp3) is 0.500. The molecular formula is C50H63MgN4O5-. The van der Waals surface area contributed by atoms with Gasteiger partial charge in [0.05, 0.1) is 7.11 Å². The third-order valence-corrected chi connectivity index (χ3v) is 12.9. The summed E-state index contributed by atoms with van der Waals surface area (Å²) in [5.41, 5.74) is 11.2. The number of nitrogens with zero attached hydrogens (tertiary/aromatic N) is 3. The number of hydrogen-bond acceptors (Lipinski definition) is 6. The monoisotopic (exact) mass is 823 g/mol. The Morgan fingerprint density at radius 2 is 1.62 bits per heavy atom. The van der Waals surface area contributed by atoms with Crippen molar-refractivity contribution in [2.45, 2.75) is 120 Å². The summed E-state index contributed by atoms with van der Waals surface area (Å²) in [7, 11) is 1.30. The molecule has 1 saturated heterocycles. The summed E-state index contributed by atoms with van der Waals surface area (Å²) in [5, 5.41) is 5.26. The molecule has 4 atom stereocenters. The number of aromatic nitrogens is 3. The van der Waals surface area contributed by atoms with E-state index in [0.717, 1.165) is 81.1 Å². The van der Waals surface area contributed by atoms with E-state index in [-0.39, 0.29) is 59.7 Å². The topological polar surface area (TPSA) is 124 Å². The standard InChI is InChI=1S/C50H64N4O5.Mg/c1-12-34-30(7)37-24-39-32(9)36(20-21-43(55)59-23-22-29(6)19-15-18-28(5)17-14-16-27(3)4)47(53-39)45-46(50(57)58-11)49(56)44-33(10)40(54-48(44)45)26-42-35(13-2)31(8)38(52-42)25-41(34)51-37;/h12,22,24-28,32,36,46H,1,13-21,23H2,2-11H3,(H2,53,54,56);/q-2;+2/p-1/b29-22+,38-25-,39-24-,42-26-;/t28-,32+,36+,46-;/m1./s1. The first-order valence-corrected chi connectivity index (χ1v) is 21.7. The second-order valence-electron chi connectivity index (χ2n) is 17.5. The number of ether oxygens (including phenoxy) is 2. The van der Waals surface area contributed by atoms with Crippen molar-refractivity contribution in [2.24, 2.45) is 29.6 Å². The SMILES string of the molecule is C=Cc1c2[n-]c(c1C)/C=C1\N/C(=C3\c4[n-]c(c(C)c4C(=O)[C@@H]3C(=O)OC)/C=c3\[n-]/c(c(C)c3CC)=C\2)[C@@H](CCC(=O)OC/C=C(\C)CCC[C@H](C)CCCC(C)C)[C@@H]1C.[Mg+2]. The van der Waals surface area contributed by atoms with Crippen LogP contribution in [0.25, 0.3) is 29.9 Å². The van der Waals surface area contributed by atoms with Gasteiger partial charge in [-0.3, -0.25) is 14.4 Å². The molecule has 3 aliphatic rings. The van der Waals surface area contributed by atoms with Gasteiger partial charge in [0.25, 0.3) is 0 Å². The van der Waals surface area contributed by atoms with Crippen molar-refractivity contribution in [1.29, 1.82) is 0 Å². The number of nitrogens with one attached hydrogen (secondary N) is 1. The van der Waals surface area contributed by atoms with E-state index >= 15 is 0 Å².